The third-order valence-electron chi connectivity index (χ3n) is 7.30. The number of aromatic nitrogens is 1. The molecule has 6 heteroatoms. The minimum absolute atomic E-state index is 0.0219. The van der Waals surface area contributed by atoms with Gasteiger partial charge in [-0.25, -0.2) is 14.2 Å². The summed E-state index contributed by atoms with van der Waals surface area (Å²) in [5, 5.41) is 0. The van der Waals surface area contributed by atoms with Crippen molar-refractivity contribution in [3.63, 3.8) is 0 Å². The number of fused-ring (bicyclic) bond motifs is 5. The Bertz CT molecular complexity index is 1260. The lowest BCUT2D eigenvalue weighted by Gasteiger charge is -2.33. The summed E-state index contributed by atoms with van der Waals surface area (Å²) in [6.07, 6.45) is 5.30. The second-order valence-corrected chi connectivity index (χ2v) is 9.12. The van der Waals surface area contributed by atoms with Crippen molar-refractivity contribution in [2.24, 2.45) is 0 Å². The first kappa shape index (κ1) is 20.9. The van der Waals surface area contributed by atoms with Crippen LogP contribution in [-0.2, 0) is 4.74 Å². The van der Waals surface area contributed by atoms with E-state index in [9.17, 15) is 9.18 Å². The average molecular weight is 457 g/mol. The maximum atomic E-state index is 13.9. The molecule has 3 aromatic rings. The predicted octanol–water partition coefficient (Wildman–Crippen LogP) is 5.80. The van der Waals surface area contributed by atoms with E-state index in [4.69, 9.17) is 9.47 Å². The first-order valence-electron chi connectivity index (χ1n) is 11.7. The van der Waals surface area contributed by atoms with Crippen LogP contribution in [0.25, 0.3) is 16.7 Å². The van der Waals surface area contributed by atoms with Crippen molar-refractivity contribution >= 4 is 11.7 Å². The highest BCUT2D eigenvalue weighted by molar-refractivity contribution is 5.79. The second kappa shape index (κ2) is 8.28. The lowest BCUT2D eigenvalue weighted by atomic mass is 9.95. The topological polar surface area (TPSA) is 51.7 Å². The molecule has 3 heterocycles. The molecule has 2 bridgehead atoms. The number of benzene rings is 2. The van der Waals surface area contributed by atoms with Crippen LogP contribution in [0.5, 0.6) is 5.88 Å². The molecule has 1 fully saturated rings. The number of ether oxygens (including phenoxy) is 2. The highest BCUT2D eigenvalue weighted by Gasteiger charge is 2.41. The van der Waals surface area contributed by atoms with Crippen LogP contribution in [-0.4, -0.2) is 41.8 Å². The second-order valence-electron chi connectivity index (χ2n) is 9.12. The molecule has 1 saturated heterocycles. The first-order valence-corrected chi connectivity index (χ1v) is 11.7. The number of amides is 1. The van der Waals surface area contributed by atoms with Crippen molar-refractivity contribution in [1.82, 2.24) is 9.88 Å². The Balaban J connectivity index is 1.21. The number of rotatable bonds is 4. The Hall–Kier alpha value is -3.67. The molecule has 1 aromatic heterocycles. The number of nitrogens with zero attached hydrogens (tertiary/aromatic N) is 2. The van der Waals surface area contributed by atoms with Crippen LogP contribution in [0.1, 0.15) is 41.9 Å². The number of halogens is 1. The summed E-state index contributed by atoms with van der Waals surface area (Å²) in [4.78, 5) is 19.2. The van der Waals surface area contributed by atoms with Gasteiger partial charge in [0.1, 0.15) is 12.4 Å². The van der Waals surface area contributed by atoms with E-state index >= 15 is 0 Å². The molecular weight excluding hydrogens is 431 g/mol. The van der Waals surface area contributed by atoms with Crippen LogP contribution < -0.4 is 4.74 Å². The van der Waals surface area contributed by atoms with Gasteiger partial charge in [0.25, 0.3) is 0 Å². The van der Waals surface area contributed by atoms with Gasteiger partial charge in [0.2, 0.25) is 5.88 Å². The van der Waals surface area contributed by atoms with Crippen molar-refractivity contribution in [2.45, 2.75) is 37.3 Å². The standard InChI is InChI=1S/C28H25FN2O3/c1-33-27-25(14-18(29)15-30-27)17-12-19-10-11-20(13-17)31(19)28(32)34-16-26-23-8-4-2-6-21(23)22-7-3-5-9-24(22)26/h2-9,12,14-15,19-20,26H,10-11,13,16H2,1H3. The molecule has 0 N–H and O–H groups in total. The number of hydrogen-bond donors (Lipinski definition) is 0. The van der Waals surface area contributed by atoms with Crippen molar-refractivity contribution in [2.75, 3.05) is 13.7 Å². The van der Waals surface area contributed by atoms with Gasteiger partial charge in [-0.15, -0.1) is 0 Å². The zero-order valence-electron chi connectivity index (χ0n) is 18.9. The summed E-state index contributed by atoms with van der Waals surface area (Å²) >= 11 is 0. The summed E-state index contributed by atoms with van der Waals surface area (Å²) in [5.74, 6) is 0.0391. The highest BCUT2D eigenvalue weighted by atomic mass is 19.1. The zero-order chi connectivity index (χ0) is 23.2. The molecule has 1 aliphatic carbocycles. The first-order chi connectivity index (χ1) is 16.6. The Labute approximate surface area is 197 Å². The van der Waals surface area contributed by atoms with E-state index in [0.29, 0.717) is 24.5 Å². The molecule has 172 valence electrons. The van der Waals surface area contributed by atoms with Gasteiger partial charge in [-0.05, 0) is 53.2 Å². The monoisotopic (exact) mass is 456 g/mol. The van der Waals surface area contributed by atoms with Gasteiger partial charge in [0, 0.05) is 17.5 Å². The number of carbonyl (C=O) groups excluding carboxylic acids is 1. The third kappa shape index (κ3) is 3.36. The molecule has 5 nitrogen and oxygen atoms in total. The Morgan fingerprint density at radius 1 is 1.06 bits per heavy atom. The van der Waals surface area contributed by atoms with E-state index in [1.165, 1.54) is 35.4 Å². The van der Waals surface area contributed by atoms with Crippen LogP contribution in [0.15, 0.2) is 66.9 Å². The summed E-state index contributed by atoms with van der Waals surface area (Å²) in [7, 11) is 1.53. The summed E-state index contributed by atoms with van der Waals surface area (Å²) < 4.78 is 25.2. The van der Waals surface area contributed by atoms with Crippen LogP contribution in [0, 0.1) is 5.82 Å². The average Bonchev–Trinajstić information content (AvgIpc) is 3.33. The molecular formula is C28H25FN2O3. The fourth-order valence-corrected chi connectivity index (χ4v) is 5.80. The molecule has 6 rings (SSSR count). The fourth-order valence-electron chi connectivity index (χ4n) is 5.80. The van der Waals surface area contributed by atoms with Crippen LogP contribution in [0.4, 0.5) is 9.18 Å². The maximum Gasteiger partial charge on any atom is 0.410 e. The van der Waals surface area contributed by atoms with E-state index in [2.05, 4.69) is 29.2 Å². The van der Waals surface area contributed by atoms with Gasteiger partial charge >= 0.3 is 6.09 Å². The van der Waals surface area contributed by atoms with Crippen molar-refractivity contribution < 1.29 is 18.7 Å². The van der Waals surface area contributed by atoms with E-state index in [-0.39, 0.29) is 24.1 Å². The molecule has 0 saturated carbocycles. The maximum absolute atomic E-state index is 13.9. The van der Waals surface area contributed by atoms with E-state index in [0.717, 1.165) is 24.6 Å². The van der Waals surface area contributed by atoms with E-state index in [1.807, 2.05) is 35.2 Å². The molecule has 2 unspecified atom stereocenters. The van der Waals surface area contributed by atoms with Crippen molar-refractivity contribution in [3.05, 3.63) is 89.4 Å². The van der Waals surface area contributed by atoms with Crippen molar-refractivity contribution in [3.8, 4) is 17.0 Å². The number of hydrogen-bond acceptors (Lipinski definition) is 4. The van der Waals surface area contributed by atoms with Crippen LogP contribution in [0.3, 0.4) is 0 Å². The van der Waals surface area contributed by atoms with Crippen LogP contribution >= 0.6 is 0 Å². The lowest BCUT2D eigenvalue weighted by molar-refractivity contribution is 0.0866. The highest BCUT2D eigenvalue weighted by Crippen LogP contribution is 2.45. The summed E-state index contributed by atoms with van der Waals surface area (Å²) in [6, 6.07) is 18.1. The molecule has 0 spiro atoms. The molecule has 3 aliphatic rings. The zero-order valence-corrected chi connectivity index (χ0v) is 18.9. The number of methoxy groups -OCH3 is 1. The Kier molecular flexibility index (Phi) is 5.09. The minimum atomic E-state index is -0.400. The number of pyridine rings is 1. The Morgan fingerprint density at radius 2 is 1.76 bits per heavy atom. The van der Waals surface area contributed by atoms with Gasteiger partial charge < -0.3 is 9.47 Å². The smallest absolute Gasteiger partial charge is 0.410 e. The molecule has 0 radical (unpaired) electrons. The van der Waals surface area contributed by atoms with E-state index < -0.39 is 5.82 Å². The van der Waals surface area contributed by atoms with Gasteiger partial charge in [-0.2, -0.15) is 0 Å². The van der Waals surface area contributed by atoms with Gasteiger partial charge in [-0.3, -0.25) is 4.90 Å². The quantitative estimate of drug-likeness (QED) is 0.498. The van der Waals surface area contributed by atoms with Gasteiger partial charge in [0.15, 0.2) is 0 Å². The Morgan fingerprint density at radius 3 is 2.44 bits per heavy atom. The SMILES string of the molecule is COc1ncc(F)cc1C1=CC2CCC(C1)N2C(=O)OCC1c2ccccc2-c2ccccc21. The third-order valence-corrected chi connectivity index (χ3v) is 7.30. The molecule has 1 amide bonds. The minimum Gasteiger partial charge on any atom is -0.481 e. The van der Waals surface area contributed by atoms with Gasteiger partial charge in [0.05, 0.1) is 19.3 Å². The molecule has 34 heavy (non-hydrogen) atoms. The van der Waals surface area contributed by atoms with Crippen molar-refractivity contribution in [1.29, 1.82) is 0 Å². The molecule has 2 aliphatic heterocycles. The lowest BCUT2D eigenvalue weighted by Crippen LogP contribution is -2.43. The van der Waals surface area contributed by atoms with E-state index in [1.54, 1.807) is 0 Å². The molecule has 2 aromatic carbocycles. The number of carbonyl (C=O) groups is 1. The fraction of sp³-hybridized carbons (Fsp3) is 0.286. The van der Waals surface area contributed by atoms with Crippen LogP contribution in [0.2, 0.25) is 0 Å². The van der Waals surface area contributed by atoms with Gasteiger partial charge in [-0.1, -0.05) is 54.6 Å². The normalized spacial score (nSPS) is 20.5. The molecule has 2 atom stereocenters. The summed E-state index contributed by atoms with van der Waals surface area (Å²) in [5.41, 5.74) is 6.45. The predicted molar refractivity (Wildman–Crippen MR) is 127 cm³/mol. The summed E-state index contributed by atoms with van der Waals surface area (Å²) in [6.45, 7) is 0.307. The largest absolute Gasteiger partial charge is 0.481 e.